The molecule has 9 heteroatoms. The largest absolute Gasteiger partial charge is 0.471 e. The SMILES string of the molecule is FC(F)(F)c1cccc(OCn2ccc(-c3nc(-c4ccccc4)no3)n2)c1. The van der Waals surface area contributed by atoms with Gasteiger partial charge in [-0.05, 0) is 24.3 Å². The van der Waals surface area contributed by atoms with E-state index in [2.05, 4.69) is 15.2 Å². The Kier molecular flexibility index (Phi) is 4.56. The van der Waals surface area contributed by atoms with Gasteiger partial charge in [-0.15, -0.1) is 0 Å². The Morgan fingerprint density at radius 3 is 2.61 bits per heavy atom. The molecule has 0 fully saturated rings. The number of nitrogens with zero attached hydrogens (tertiary/aromatic N) is 4. The van der Waals surface area contributed by atoms with Crippen LogP contribution in [-0.4, -0.2) is 19.9 Å². The van der Waals surface area contributed by atoms with Crippen molar-refractivity contribution in [2.24, 2.45) is 0 Å². The van der Waals surface area contributed by atoms with Gasteiger partial charge in [0.15, 0.2) is 12.4 Å². The molecule has 2 aromatic carbocycles. The maximum Gasteiger partial charge on any atom is 0.416 e. The van der Waals surface area contributed by atoms with Gasteiger partial charge in [0.25, 0.3) is 5.89 Å². The molecule has 0 saturated heterocycles. The number of aromatic nitrogens is 4. The third kappa shape index (κ3) is 3.88. The molecular weight excluding hydrogens is 373 g/mol. The van der Waals surface area contributed by atoms with Crippen molar-refractivity contribution in [2.75, 3.05) is 0 Å². The van der Waals surface area contributed by atoms with E-state index in [1.165, 1.54) is 16.8 Å². The average Bonchev–Trinajstić information content (AvgIpc) is 3.36. The Balaban J connectivity index is 1.45. The van der Waals surface area contributed by atoms with Crippen LogP contribution < -0.4 is 4.74 Å². The van der Waals surface area contributed by atoms with E-state index in [-0.39, 0.29) is 18.4 Å². The Morgan fingerprint density at radius 1 is 1.00 bits per heavy atom. The second kappa shape index (κ2) is 7.18. The number of hydrogen-bond donors (Lipinski definition) is 0. The van der Waals surface area contributed by atoms with Crippen LogP contribution in [0.4, 0.5) is 13.2 Å². The van der Waals surface area contributed by atoms with Crippen LogP contribution in [0.15, 0.2) is 71.4 Å². The highest BCUT2D eigenvalue weighted by atomic mass is 19.4. The topological polar surface area (TPSA) is 66.0 Å². The lowest BCUT2D eigenvalue weighted by molar-refractivity contribution is -0.137. The number of hydrogen-bond acceptors (Lipinski definition) is 5. The molecule has 0 N–H and O–H groups in total. The minimum Gasteiger partial charge on any atom is -0.471 e. The zero-order valence-electron chi connectivity index (χ0n) is 14.3. The van der Waals surface area contributed by atoms with Crippen molar-refractivity contribution in [2.45, 2.75) is 12.9 Å². The minimum absolute atomic E-state index is 0.0685. The van der Waals surface area contributed by atoms with Crippen LogP contribution >= 0.6 is 0 Å². The Morgan fingerprint density at radius 2 is 1.82 bits per heavy atom. The van der Waals surface area contributed by atoms with Crippen molar-refractivity contribution in [1.29, 1.82) is 0 Å². The molecule has 0 unspecified atom stereocenters. The van der Waals surface area contributed by atoms with E-state index < -0.39 is 11.7 Å². The highest BCUT2D eigenvalue weighted by Gasteiger charge is 2.30. The summed E-state index contributed by atoms with van der Waals surface area (Å²) in [5.74, 6) is 0.762. The van der Waals surface area contributed by atoms with Crippen LogP contribution in [0.5, 0.6) is 5.75 Å². The predicted octanol–water partition coefficient (Wildman–Crippen LogP) is 4.66. The van der Waals surface area contributed by atoms with E-state index in [0.717, 1.165) is 17.7 Å². The summed E-state index contributed by atoms with van der Waals surface area (Å²) in [6.45, 7) is -0.0685. The summed E-state index contributed by atoms with van der Waals surface area (Å²) in [7, 11) is 0. The fourth-order valence-electron chi connectivity index (χ4n) is 2.48. The Labute approximate surface area is 157 Å². The van der Waals surface area contributed by atoms with Crippen LogP contribution in [0.3, 0.4) is 0 Å². The quantitative estimate of drug-likeness (QED) is 0.499. The van der Waals surface area contributed by atoms with Gasteiger partial charge in [0, 0.05) is 11.8 Å². The number of rotatable bonds is 5. The highest BCUT2D eigenvalue weighted by molar-refractivity contribution is 5.57. The summed E-state index contributed by atoms with van der Waals surface area (Å²) in [6.07, 6.45) is -2.82. The minimum atomic E-state index is -4.42. The summed E-state index contributed by atoms with van der Waals surface area (Å²) >= 11 is 0. The summed E-state index contributed by atoms with van der Waals surface area (Å²) in [5.41, 5.74) is 0.470. The van der Waals surface area contributed by atoms with Gasteiger partial charge in [-0.1, -0.05) is 41.6 Å². The zero-order valence-corrected chi connectivity index (χ0v) is 14.3. The Bertz CT molecular complexity index is 1070. The molecule has 0 aliphatic rings. The van der Waals surface area contributed by atoms with Gasteiger partial charge in [0.1, 0.15) is 5.75 Å². The fourth-order valence-corrected chi connectivity index (χ4v) is 2.48. The number of ether oxygens (including phenoxy) is 1. The molecule has 0 aliphatic heterocycles. The van der Waals surface area contributed by atoms with E-state index in [1.54, 1.807) is 12.3 Å². The molecule has 0 spiro atoms. The first-order valence-electron chi connectivity index (χ1n) is 8.22. The van der Waals surface area contributed by atoms with E-state index in [1.807, 2.05) is 30.3 Å². The van der Waals surface area contributed by atoms with Crippen molar-refractivity contribution >= 4 is 0 Å². The molecule has 2 heterocycles. The standard InChI is InChI=1S/C19H13F3N4O2/c20-19(21,22)14-7-4-8-15(11-14)27-12-26-10-9-16(24-26)18-23-17(25-28-18)13-5-2-1-3-6-13/h1-11H,12H2. The lowest BCUT2D eigenvalue weighted by Crippen LogP contribution is -2.08. The molecule has 6 nitrogen and oxygen atoms in total. The van der Waals surface area contributed by atoms with Gasteiger partial charge in [-0.3, -0.25) is 0 Å². The predicted molar refractivity (Wildman–Crippen MR) is 93.0 cm³/mol. The van der Waals surface area contributed by atoms with Crippen molar-refractivity contribution in [1.82, 2.24) is 19.9 Å². The van der Waals surface area contributed by atoms with Gasteiger partial charge in [0.05, 0.1) is 5.56 Å². The van der Waals surface area contributed by atoms with Gasteiger partial charge in [0.2, 0.25) is 5.82 Å². The van der Waals surface area contributed by atoms with Crippen molar-refractivity contribution < 1.29 is 22.4 Å². The molecular formula is C19H13F3N4O2. The van der Waals surface area contributed by atoms with Crippen LogP contribution in [0.2, 0.25) is 0 Å². The lowest BCUT2D eigenvalue weighted by Gasteiger charge is -2.10. The second-order valence-electron chi connectivity index (χ2n) is 5.83. The molecule has 0 amide bonds. The van der Waals surface area contributed by atoms with Crippen molar-refractivity contribution in [3.05, 3.63) is 72.4 Å². The van der Waals surface area contributed by atoms with E-state index in [4.69, 9.17) is 9.26 Å². The summed E-state index contributed by atoms with van der Waals surface area (Å²) in [5, 5.41) is 8.17. The van der Waals surface area contributed by atoms with E-state index >= 15 is 0 Å². The molecule has 0 radical (unpaired) electrons. The van der Waals surface area contributed by atoms with Gasteiger partial charge >= 0.3 is 6.18 Å². The molecule has 0 saturated carbocycles. The highest BCUT2D eigenvalue weighted by Crippen LogP contribution is 2.31. The Hall–Kier alpha value is -3.62. The summed E-state index contributed by atoms with van der Waals surface area (Å²) in [4.78, 5) is 4.30. The first-order valence-corrected chi connectivity index (χ1v) is 8.22. The molecule has 0 bridgehead atoms. The first kappa shape index (κ1) is 17.8. The van der Waals surface area contributed by atoms with Crippen LogP contribution in [-0.2, 0) is 12.9 Å². The normalized spacial score (nSPS) is 11.5. The van der Waals surface area contributed by atoms with Gasteiger partial charge in [-0.25, -0.2) is 4.68 Å². The van der Waals surface area contributed by atoms with E-state index in [9.17, 15) is 13.2 Å². The number of benzene rings is 2. The smallest absolute Gasteiger partial charge is 0.416 e. The molecule has 142 valence electrons. The summed E-state index contributed by atoms with van der Waals surface area (Å²) < 4.78 is 50.3. The summed E-state index contributed by atoms with van der Waals surface area (Å²) in [6, 6.07) is 15.6. The van der Waals surface area contributed by atoms with Crippen molar-refractivity contribution in [3.63, 3.8) is 0 Å². The third-order valence-electron chi connectivity index (χ3n) is 3.84. The maximum absolute atomic E-state index is 12.8. The lowest BCUT2D eigenvalue weighted by atomic mass is 10.2. The molecule has 4 rings (SSSR count). The molecule has 4 aromatic rings. The third-order valence-corrected chi connectivity index (χ3v) is 3.84. The monoisotopic (exact) mass is 386 g/mol. The van der Waals surface area contributed by atoms with Gasteiger partial charge in [-0.2, -0.15) is 23.3 Å². The average molecular weight is 386 g/mol. The van der Waals surface area contributed by atoms with Crippen LogP contribution in [0, 0.1) is 0 Å². The van der Waals surface area contributed by atoms with E-state index in [0.29, 0.717) is 11.5 Å². The zero-order chi connectivity index (χ0) is 19.6. The van der Waals surface area contributed by atoms with Gasteiger partial charge < -0.3 is 9.26 Å². The number of halogens is 3. The molecule has 0 aliphatic carbocycles. The number of alkyl halides is 3. The first-order chi connectivity index (χ1) is 13.5. The fraction of sp³-hybridized carbons (Fsp3) is 0.105. The maximum atomic E-state index is 12.8. The molecule has 0 atom stereocenters. The molecule has 2 aromatic heterocycles. The second-order valence-corrected chi connectivity index (χ2v) is 5.83. The van der Waals surface area contributed by atoms with Crippen LogP contribution in [0.1, 0.15) is 5.56 Å². The van der Waals surface area contributed by atoms with Crippen LogP contribution in [0.25, 0.3) is 23.0 Å². The van der Waals surface area contributed by atoms with Crippen molar-refractivity contribution in [3.8, 4) is 28.7 Å². The molecule has 28 heavy (non-hydrogen) atoms.